The summed E-state index contributed by atoms with van der Waals surface area (Å²) in [6.45, 7) is 0. The molecular formula is C4H15KN2O3S2. The fourth-order valence-corrected chi connectivity index (χ4v) is 0. The van der Waals surface area contributed by atoms with Crippen molar-refractivity contribution < 1.29 is 15.3 Å². The van der Waals surface area contributed by atoms with E-state index in [1.807, 2.05) is 0 Å². The molecule has 0 aliphatic rings. The molecule has 8 heteroatoms. The van der Waals surface area contributed by atoms with Gasteiger partial charge in [-0.05, 0) is 24.4 Å². The normalized spacial score (nSPS) is 4.50. The Hall–Kier alpha value is 0.976. The molecule has 7 N–H and O–H groups in total. The molecule has 0 radical (unpaired) electrons. The van der Waals surface area contributed by atoms with Gasteiger partial charge in [0, 0.05) is 7.11 Å². The van der Waals surface area contributed by atoms with Crippen molar-refractivity contribution in [3.63, 3.8) is 0 Å². The van der Waals surface area contributed by atoms with Crippen LogP contribution < -0.4 is 11.5 Å². The van der Waals surface area contributed by atoms with Crippen LogP contribution in [0.2, 0.25) is 0 Å². The van der Waals surface area contributed by atoms with Crippen LogP contribution in [0.3, 0.4) is 0 Å². The molecule has 0 fully saturated rings. The van der Waals surface area contributed by atoms with E-state index in [4.69, 9.17) is 15.3 Å². The molecule has 0 amide bonds. The first-order valence-electron chi connectivity index (χ1n) is 1.88. The number of aliphatic hydroxyl groups excluding tert-OH is 3. The summed E-state index contributed by atoms with van der Waals surface area (Å²) in [5.74, 6) is 0. The van der Waals surface area contributed by atoms with E-state index in [0.29, 0.717) is 0 Å². The third-order valence-corrected chi connectivity index (χ3v) is 0. The van der Waals surface area contributed by atoms with Crippen molar-refractivity contribution in [1.82, 2.24) is 0 Å². The molecule has 12 heavy (non-hydrogen) atoms. The number of hydrogen-bond donors (Lipinski definition) is 5. The maximum absolute atomic E-state index is 7.56. The van der Waals surface area contributed by atoms with Crippen LogP contribution in [-0.4, -0.2) is 84.2 Å². The molecule has 0 aliphatic carbocycles. The second kappa shape index (κ2) is 29.6. The van der Waals surface area contributed by atoms with E-state index in [9.17, 15) is 0 Å². The van der Waals surface area contributed by atoms with Gasteiger partial charge < -0.3 is 26.8 Å². The van der Waals surface area contributed by atoms with Crippen molar-refractivity contribution in [3.8, 4) is 0 Å². The van der Waals surface area contributed by atoms with Crippen LogP contribution in [0.4, 0.5) is 0 Å². The fraction of sp³-hybridized carbons (Fsp3) is 0.500. The second-order valence-electron chi connectivity index (χ2n) is 0.676. The molecule has 0 heterocycles. The zero-order valence-electron chi connectivity index (χ0n) is 5.31. The first kappa shape index (κ1) is 29.3. The summed E-state index contributed by atoms with van der Waals surface area (Å²) in [5.41, 5.74) is 8.80. The average Bonchev–Trinajstić information content (AvgIpc) is 1.66. The molecule has 0 atom stereocenters. The van der Waals surface area contributed by atoms with Crippen molar-refractivity contribution >= 4 is 86.2 Å². The second-order valence-corrected chi connectivity index (χ2v) is 1.51. The summed E-state index contributed by atoms with van der Waals surface area (Å²) in [6, 6.07) is 0. The van der Waals surface area contributed by atoms with E-state index in [1.54, 1.807) is 0 Å². The Morgan fingerprint density at radius 2 is 1.00 bits per heavy atom. The van der Waals surface area contributed by atoms with Crippen LogP contribution in [0.25, 0.3) is 0 Å². The summed E-state index contributed by atoms with van der Waals surface area (Å²) in [5, 5.41) is 21.1. The van der Waals surface area contributed by atoms with E-state index in [0.717, 1.165) is 7.11 Å². The standard InChI is InChI=1S/2CH3NOS.CH4O.CH4.K.H/c2*2-1(3)4;1-2;;;/h2*(H3,2,3,4);2H,1H3;1H4;;. The Labute approximate surface area is 126 Å². The van der Waals surface area contributed by atoms with E-state index >= 15 is 0 Å². The molecular weight excluding hydrogens is 227 g/mol. The third kappa shape index (κ3) is 1150. The predicted octanol–water partition coefficient (Wildman–Crippen LogP) is -0.828. The van der Waals surface area contributed by atoms with Crippen molar-refractivity contribution in [2.24, 2.45) is 11.5 Å². The predicted molar refractivity (Wildman–Crippen MR) is 60.9 cm³/mol. The minimum absolute atomic E-state index is 0. The van der Waals surface area contributed by atoms with E-state index in [-0.39, 0.29) is 58.8 Å². The summed E-state index contributed by atoms with van der Waals surface area (Å²) in [7, 11) is 1.00. The average molecular weight is 242 g/mol. The van der Waals surface area contributed by atoms with Crippen molar-refractivity contribution in [2.75, 3.05) is 7.11 Å². The number of aliphatic hydroxyl groups is 3. The number of nitrogens with two attached hydrogens (primary N) is 2. The molecule has 0 aromatic heterocycles. The molecule has 0 aromatic rings. The Morgan fingerprint density at radius 3 is 1.00 bits per heavy atom. The summed E-state index contributed by atoms with van der Waals surface area (Å²) >= 11 is 7.74. The quantitative estimate of drug-likeness (QED) is 0.278. The van der Waals surface area contributed by atoms with Gasteiger partial charge in [-0.25, -0.2) is 0 Å². The van der Waals surface area contributed by atoms with Gasteiger partial charge in [0.25, 0.3) is 10.3 Å². The third-order valence-electron chi connectivity index (χ3n) is 0. The Kier molecular flexibility index (Phi) is 72.3. The number of hydrogen-bond acceptors (Lipinski definition) is 3. The molecule has 0 aliphatic heterocycles. The first-order valence-corrected chi connectivity index (χ1v) is 2.70. The molecule has 0 saturated heterocycles. The van der Waals surface area contributed by atoms with Crippen molar-refractivity contribution in [3.05, 3.63) is 0 Å². The summed E-state index contributed by atoms with van der Waals surface area (Å²) in [6.07, 6.45) is 0. The molecule has 72 valence electrons. The minimum atomic E-state index is -0.500. The van der Waals surface area contributed by atoms with Gasteiger partial charge in [-0.15, -0.1) is 0 Å². The molecule has 0 unspecified atom stereocenters. The van der Waals surface area contributed by atoms with Crippen LogP contribution in [0.5, 0.6) is 0 Å². The Morgan fingerprint density at radius 1 is 1.00 bits per heavy atom. The van der Waals surface area contributed by atoms with Gasteiger partial charge >= 0.3 is 51.4 Å². The van der Waals surface area contributed by atoms with Crippen molar-refractivity contribution in [2.45, 2.75) is 7.43 Å². The van der Waals surface area contributed by atoms with E-state index < -0.39 is 10.3 Å². The van der Waals surface area contributed by atoms with Gasteiger partial charge in [-0.3, -0.25) is 0 Å². The van der Waals surface area contributed by atoms with Gasteiger partial charge in [0.15, 0.2) is 0 Å². The van der Waals surface area contributed by atoms with Crippen LogP contribution in [0, 0.1) is 0 Å². The molecule has 0 bridgehead atoms. The van der Waals surface area contributed by atoms with Crippen LogP contribution in [0.15, 0.2) is 0 Å². The number of thiocarbonyl (C=S) groups is 2. The zero-order valence-corrected chi connectivity index (χ0v) is 6.95. The van der Waals surface area contributed by atoms with Gasteiger partial charge in [0.05, 0.1) is 0 Å². The number of rotatable bonds is 0. The Balaban J connectivity index is -0.0000000198. The maximum atomic E-state index is 7.56. The topological polar surface area (TPSA) is 113 Å². The van der Waals surface area contributed by atoms with Crippen LogP contribution in [-0.2, 0) is 0 Å². The monoisotopic (exact) mass is 242 g/mol. The van der Waals surface area contributed by atoms with E-state index in [2.05, 4.69) is 35.9 Å². The Bertz CT molecular complexity index is 84.3. The SMILES string of the molecule is C.CO.NC(O)=S.NC(O)=S.[KH]. The summed E-state index contributed by atoms with van der Waals surface area (Å²) in [4.78, 5) is 0. The van der Waals surface area contributed by atoms with Gasteiger partial charge in [0.2, 0.25) is 0 Å². The van der Waals surface area contributed by atoms with Gasteiger partial charge in [0.1, 0.15) is 0 Å². The van der Waals surface area contributed by atoms with Gasteiger partial charge in [-0.1, -0.05) is 7.43 Å². The fourth-order valence-electron chi connectivity index (χ4n) is 0. The summed E-state index contributed by atoms with van der Waals surface area (Å²) < 4.78 is 0. The van der Waals surface area contributed by atoms with E-state index in [1.165, 1.54) is 0 Å². The van der Waals surface area contributed by atoms with Crippen LogP contribution >= 0.6 is 24.4 Å². The van der Waals surface area contributed by atoms with Crippen LogP contribution in [0.1, 0.15) is 7.43 Å². The molecule has 0 aromatic carbocycles. The molecule has 0 saturated carbocycles. The molecule has 5 nitrogen and oxygen atoms in total. The first-order chi connectivity index (χ1) is 4.46. The zero-order chi connectivity index (χ0) is 9.15. The van der Waals surface area contributed by atoms with Crippen molar-refractivity contribution in [1.29, 1.82) is 0 Å². The molecule has 0 spiro atoms. The van der Waals surface area contributed by atoms with Gasteiger partial charge in [-0.2, -0.15) is 0 Å². The molecule has 0 rings (SSSR count).